The lowest BCUT2D eigenvalue weighted by atomic mass is 10.1. The van der Waals surface area contributed by atoms with Gasteiger partial charge in [-0.15, -0.1) is 0 Å². The molecule has 0 saturated heterocycles. The predicted octanol–water partition coefficient (Wildman–Crippen LogP) is 6.04. The number of methoxy groups -OCH3 is 2. The van der Waals surface area contributed by atoms with Gasteiger partial charge in [0.25, 0.3) is 0 Å². The molecule has 12 nitrogen and oxygen atoms in total. The van der Waals surface area contributed by atoms with Gasteiger partial charge in [-0.1, -0.05) is 44.0 Å². The molecule has 0 N–H and O–H groups in total. The Labute approximate surface area is 328 Å². The summed E-state index contributed by atoms with van der Waals surface area (Å²) in [4.78, 5) is 0. The van der Waals surface area contributed by atoms with Gasteiger partial charge in [0.2, 0.25) is 0 Å². The maximum absolute atomic E-state index is 5.62. The molecule has 1 aliphatic rings. The van der Waals surface area contributed by atoms with Gasteiger partial charge in [0, 0.05) is 34.7 Å². The van der Waals surface area contributed by atoms with Crippen molar-refractivity contribution in [1.29, 1.82) is 0 Å². The second kappa shape index (κ2) is 29.2. The monoisotopic (exact) mass is 902 g/mol. The van der Waals surface area contributed by atoms with Crippen LogP contribution >= 0.6 is 55.4 Å². The number of benzene rings is 2. The highest BCUT2D eigenvalue weighted by atomic mass is 79.9. The average Bonchev–Trinajstić information content (AvgIpc) is 3.38. The minimum Gasteiger partial charge on any atom is -0.384 e. The maximum atomic E-state index is 5.62. The van der Waals surface area contributed by atoms with E-state index < -0.39 is 8.07 Å². The van der Waals surface area contributed by atoms with Crippen molar-refractivity contribution in [3.63, 3.8) is 0 Å². The van der Waals surface area contributed by atoms with Crippen molar-refractivity contribution in [1.82, 2.24) is 0 Å². The summed E-state index contributed by atoms with van der Waals surface area (Å²) < 4.78 is 64.1. The largest absolute Gasteiger partial charge is 0.384 e. The van der Waals surface area contributed by atoms with E-state index in [9.17, 15) is 0 Å². The summed E-state index contributed by atoms with van der Waals surface area (Å²) >= 11 is 11.5. The van der Waals surface area contributed by atoms with Gasteiger partial charge in [-0.25, -0.2) is 0 Å². The fraction of sp³-hybridized carbons (Fsp3) is 0.647. The van der Waals surface area contributed by atoms with Crippen LogP contribution in [0.25, 0.3) is 11.1 Å². The smallest absolute Gasteiger partial charge is 0.152 e. The van der Waals surface area contributed by atoms with Crippen LogP contribution in [0.15, 0.2) is 45.3 Å². The molecule has 1 aliphatic heterocycles. The SMILES string of the molecule is COCCSCCC[Si]1(CCCSCCOCOCOCOCOCOCOCOCOCOCOC)c2cc(Br)ccc2-c2ccc(Br)cc21. The first-order valence-corrected chi connectivity index (χ1v) is 22.9. The van der Waals surface area contributed by atoms with Crippen molar-refractivity contribution >= 4 is 73.8 Å². The number of fused-ring (bicyclic) bond motifs is 3. The summed E-state index contributed by atoms with van der Waals surface area (Å²) in [5.41, 5.74) is 2.85. The Kier molecular flexibility index (Phi) is 25.9. The highest BCUT2D eigenvalue weighted by Gasteiger charge is 2.44. The number of rotatable bonds is 34. The molecule has 0 aromatic heterocycles. The Morgan fingerprint density at radius 3 is 1.27 bits per heavy atom. The van der Waals surface area contributed by atoms with Crippen LogP contribution in [0.4, 0.5) is 0 Å². The fourth-order valence-electron chi connectivity index (χ4n) is 5.50. The summed E-state index contributed by atoms with van der Waals surface area (Å²) in [6.45, 7) is 1.96. The normalized spacial score (nSPS) is 13.2. The zero-order valence-electron chi connectivity index (χ0n) is 29.6. The van der Waals surface area contributed by atoms with Crippen molar-refractivity contribution in [2.45, 2.75) is 24.9 Å². The van der Waals surface area contributed by atoms with Gasteiger partial charge in [-0.3, -0.25) is 0 Å². The summed E-state index contributed by atoms with van der Waals surface area (Å²) in [6.07, 6.45) is 2.40. The molecule has 0 unspecified atom stereocenters. The number of halogens is 2. The van der Waals surface area contributed by atoms with Crippen LogP contribution in [0.2, 0.25) is 12.1 Å². The number of hydrogen-bond donors (Lipinski definition) is 0. The molecule has 0 aliphatic carbocycles. The van der Waals surface area contributed by atoms with Crippen molar-refractivity contribution in [3.05, 3.63) is 45.3 Å². The summed E-state index contributed by atoms with van der Waals surface area (Å²) in [6, 6.07) is 16.3. The quantitative estimate of drug-likeness (QED) is 0.0463. The second-order valence-corrected chi connectivity index (χ2v) is 19.6. The molecule has 0 saturated carbocycles. The number of hydrogen-bond acceptors (Lipinski definition) is 14. The molecule has 17 heteroatoms. The van der Waals surface area contributed by atoms with Gasteiger partial charge in [0.15, 0.2) is 54.3 Å². The molecule has 2 aromatic carbocycles. The van der Waals surface area contributed by atoms with Crippen LogP contribution in [0.5, 0.6) is 0 Å². The summed E-state index contributed by atoms with van der Waals surface area (Å²) in [5.74, 6) is 4.23. The van der Waals surface area contributed by atoms with E-state index in [1.807, 2.05) is 23.5 Å². The topological polar surface area (TPSA) is 111 Å². The van der Waals surface area contributed by atoms with E-state index in [1.54, 1.807) is 17.5 Å². The van der Waals surface area contributed by atoms with Crippen LogP contribution < -0.4 is 10.4 Å². The van der Waals surface area contributed by atoms with Gasteiger partial charge in [-0.05, 0) is 82.2 Å². The molecule has 290 valence electrons. The van der Waals surface area contributed by atoms with Gasteiger partial charge < -0.3 is 56.8 Å². The third kappa shape index (κ3) is 17.9. The molecular weight excluding hydrogens is 852 g/mol. The first kappa shape index (κ1) is 45.2. The van der Waals surface area contributed by atoms with Crippen molar-refractivity contribution in [3.8, 4) is 11.1 Å². The highest BCUT2D eigenvalue weighted by Crippen LogP contribution is 2.37. The lowest BCUT2D eigenvalue weighted by Crippen LogP contribution is -2.55. The molecule has 1 heterocycles. The Morgan fingerprint density at radius 1 is 0.471 bits per heavy atom. The number of thioether (sulfide) groups is 2. The Hall–Kier alpha value is -0.163. The Bertz CT molecular complexity index is 1140. The zero-order valence-corrected chi connectivity index (χ0v) is 35.4. The molecular formula is C34H52Br2O12S2Si. The lowest BCUT2D eigenvalue weighted by molar-refractivity contribution is -0.231. The molecule has 0 bridgehead atoms. The van der Waals surface area contributed by atoms with Crippen molar-refractivity contribution in [2.24, 2.45) is 0 Å². The molecule has 0 spiro atoms. The molecule has 0 radical (unpaired) electrons. The van der Waals surface area contributed by atoms with E-state index in [0.717, 1.165) is 23.9 Å². The first-order chi connectivity index (χ1) is 25.1. The highest BCUT2D eigenvalue weighted by molar-refractivity contribution is 9.10. The van der Waals surface area contributed by atoms with E-state index in [-0.39, 0.29) is 67.9 Å². The Balaban J connectivity index is 1.20. The third-order valence-electron chi connectivity index (χ3n) is 7.57. The summed E-state index contributed by atoms with van der Waals surface area (Å²) in [5, 5.41) is 3.17. The van der Waals surface area contributed by atoms with Crippen LogP contribution in [0, 0.1) is 0 Å². The van der Waals surface area contributed by atoms with Gasteiger partial charge in [-0.2, -0.15) is 23.5 Å². The molecule has 0 atom stereocenters. The van der Waals surface area contributed by atoms with Crippen LogP contribution in [0.1, 0.15) is 12.8 Å². The summed E-state index contributed by atoms with van der Waals surface area (Å²) in [7, 11) is 1.35. The minimum atomic E-state index is -1.95. The molecule has 3 rings (SSSR count). The van der Waals surface area contributed by atoms with E-state index in [0.29, 0.717) is 6.61 Å². The Morgan fingerprint density at radius 2 is 0.863 bits per heavy atom. The predicted molar refractivity (Wildman–Crippen MR) is 209 cm³/mol. The number of ether oxygens (including phenoxy) is 12. The maximum Gasteiger partial charge on any atom is 0.152 e. The first-order valence-electron chi connectivity index (χ1n) is 16.6. The second-order valence-electron chi connectivity index (χ2n) is 11.1. The van der Waals surface area contributed by atoms with Crippen molar-refractivity contribution < 1.29 is 56.8 Å². The van der Waals surface area contributed by atoms with E-state index >= 15 is 0 Å². The van der Waals surface area contributed by atoms with E-state index in [2.05, 4.69) is 68.3 Å². The molecule has 0 fully saturated rings. The van der Waals surface area contributed by atoms with Gasteiger partial charge in [0.1, 0.15) is 21.7 Å². The molecule has 51 heavy (non-hydrogen) atoms. The van der Waals surface area contributed by atoms with Gasteiger partial charge in [0.05, 0.1) is 13.2 Å². The van der Waals surface area contributed by atoms with Crippen LogP contribution in [0.3, 0.4) is 0 Å². The molecule has 0 amide bonds. The van der Waals surface area contributed by atoms with E-state index in [1.165, 1.54) is 57.9 Å². The molecule has 2 aromatic rings. The minimum absolute atomic E-state index is 0.000664. The van der Waals surface area contributed by atoms with Crippen LogP contribution in [-0.2, 0) is 56.8 Å². The van der Waals surface area contributed by atoms with Crippen molar-refractivity contribution in [2.75, 3.05) is 118 Å². The zero-order chi connectivity index (χ0) is 36.2. The third-order valence-corrected chi connectivity index (χ3v) is 15.9. The average molecular weight is 905 g/mol. The van der Waals surface area contributed by atoms with Crippen LogP contribution in [-0.4, -0.2) is 126 Å². The standard InChI is InChI=1S/C34H52Br2O12S2Si/c1-37-9-13-49-11-3-15-51(33-17-29(35)5-7-31(33)32-8-6-30(36)18-34(32)51)16-4-12-50-14-10-39-20-41-22-43-24-45-26-47-28-48-27-46-25-44-23-42-21-40-19-38-2/h5-8,17-18H,3-4,9-16,19-28H2,1-2H3. The fourth-order valence-corrected chi connectivity index (χ4v) is 14.3. The van der Waals surface area contributed by atoms with Gasteiger partial charge >= 0.3 is 0 Å². The van der Waals surface area contributed by atoms with E-state index in [4.69, 9.17) is 56.8 Å². The lowest BCUT2D eigenvalue weighted by Gasteiger charge is -2.30.